The molecule has 0 fully saturated rings. The number of halogens is 3. The van der Waals surface area contributed by atoms with Crippen LogP contribution in [0.2, 0.25) is 0 Å². The summed E-state index contributed by atoms with van der Waals surface area (Å²) >= 11 is 0. The zero-order valence-corrected chi connectivity index (χ0v) is 10.3. The zero-order chi connectivity index (χ0) is 14.5. The van der Waals surface area contributed by atoms with Crippen molar-refractivity contribution in [2.45, 2.75) is 25.1 Å². The summed E-state index contributed by atoms with van der Waals surface area (Å²) in [6, 6.07) is 2.33. The van der Waals surface area contributed by atoms with E-state index >= 15 is 0 Å². The maximum Gasteiger partial charge on any atom is 0.390 e. The van der Waals surface area contributed by atoms with Crippen LogP contribution in [-0.2, 0) is 5.60 Å². The Hall–Kier alpha value is -1.70. The average Bonchev–Trinajstić information content (AvgIpc) is 2.78. The van der Waals surface area contributed by atoms with Crippen LogP contribution in [-0.4, -0.2) is 30.4 Å². The minimum absolute atomic E-state index is 0.182. The number of aliphatic hydroxyl groups is 1. The molecular weight excluding hydrogens is 265 g/mol. The summed E-state index contributed by atoms with van der Waals surface area (Å²) in [5, 5.41) is 14.3. The van der Waals surface area contributed by atoms with E-state index in [1.165, 1.54) is 19.3 Å². The first-order valence-corrected chi connectivity index (χ1v) is 5.55. The Morgan fingerprint density at radius 2 is 2.11 bits per heavy atom. The lowest BCUT2D eigenvalue weighted by Crippen LogP contribution is -2.44. The number of urea groups is 1. The summed E-state index contributed by atoms with van der Waals surface area (Å²) < 4.78 is 40.5. The molecule has 8 heteroatoms. The van der Waals surface area contributed by atoms with Gasteiger partial charge in [0.15, 0.2) is 0 Å². The van der Waals surface area contributed by atoms with Gasteiger partial charge in [0.2, 0.25) is 0 Å². The van der Waals surface area contributed by atoms with Gasteiger partial charge < -0.3 is 20.2 Å². The van der Waals surface area contributed by atoms with Gasteiger partial charge in [-0.15, -0.1) is 0 Å². The number of hydrogen-bond donors (Lipinski definition) is 3. The van der Waals surface area contributed by atoms with Gasteiger partial charge >= 0.3 is 12.2 Å². The summed E-state index contributed by atoms with van der Waals surface area (Å²) in [6.45, 7) is 0.721. The van der Waals surface area contributed by atoms with Gasteiger partial charge in [-0.05, 0) is 19.1 Å². The zero-order valence-electron chi connectivity index (χ0n) is 10.3. The van der Waals surface area contributed by atoms with E-state index in [0.29, 0.717) is 0 Å². The second kappa shape index (κ2) is 5.96. The van der Waals surface area contributed by atoms with Crippen molar-refractivity contribution in [3.63, 3.8) is 0 Å². The Balaban J connectivity index is 2.30. The van der Waals surface area contributed by atoms with Crippen LogP contribution >= 0.6 is 0 Å². The van der Waals surface area contributed by atoms with Crippen molar-refractivity contribution in [2.24, 2.45) is 0 Å². The quantitative estimate of drug-likeness (QED) is 0.769. The molecule has 0 spiro atoms. The Bertz CT molecular complexity index is 402. The normalized spacial score (nSPS) is 14.8. The highest BCUT2D eigenvalue weighted by Crippen LogP contribution is 2.20. The highest BCUT2D eigenvalue weighted by molar-refractivity contribution is 5.73. The molecule has 1 heterocycles. The topological polar surface area (TPSA) is 74.5 Å². The molecule has 0 aliphatic rings. The third-order valence-electron chi connectivity index (χ3n) is 2.34. The number of rotatable bonds is 5. The Morgan fingerprint density at radius 3 is 2.63 bits per heavy atom. The molecule has 1 aromatic rings. The van der Waals surface area contributed by atoms with E-state index in [9.17, 15) is 23.1 Å². The summed E-state index contributed by atoms with van der Waals surface area (Å²) in [7, 11) is 0. The predicted octanol–water partition coefficient (Wildman–Crippen LogP) is 1.74. The van der Waals surface area contributed by atoms with E-state index in [-0.39, 0.29) is 12.3 Å². The number of alkyl halides is 3. The SMILES string of the molecule is CC(O)(CNC(=O)NCCC(F)(F)F)c1ccco1. The van der Waals surface area contributed by atoms with Crippen LogP contribution < -0.4 is 10.6 Å². The van der Waals surface area contributed by atoms with Gasteiger partial charge in [0, 0.05) is 6.54 Å². The molecule has 108 valence electrons. The first kappa shape index (κ1) is 15.4. The lowest BCUT2D eigenvalue weighted by Gasteiger charge is -2.21. The number of amides is 2. The molecule has 19 heavy (non-hydrogen) atoms. The van der Waals surface area contributed by atoms with Gasteiger partial charge in [0.1, 0.15) is 11.4 Å². The summed E-state index contributed by atoms with van der Waals surface area (Å²) in [4.78, 5) is 11.2. The number of carbonyl (C=O) groups is 1. The molecule has 1 unspecified atom stereocenters. The number of nitrogens with one attached hydrogen (secondary N) is 2. The summed E-state index contributed by atoms with van der Waals surface area (Å²) in [6.07, 6.45) is -4.05. The van der Waals surface area contributed by atoms with E-state index in [2.05, 4.69) is 5.32 Å². The van der Waals surface area contributed by atoms with Gasteiger partial charge in [-0.2, -0.15) is 13.2 Å². The fourth-order valence-corrected chi connectivity index (χ4v) is 1.30. The summed E-state index contributed by atoms with van der Waals surface area (Å²) in [5.41, 5.74) is -1.43. The van der Waals surface area contributed by atoms with Gasteiger partial charge in [-0.1, -0.05) is 0 Å². The van der Waals surface area contributed by atoms with Crippen LogP contribution in [0.4, 0.5) is 18.0 Å². The molecular formula is C11H15F3N2O3. The van der Waals surface area contributed by atoms with Crippen LogP contribution in [0, 0.1) is 0 Å². The average molecular weight is 280 g/mol. The minimum atomic E-state index is -4.31. The molecule has 0 aromatic carbocycles. The van der Waals surface area contributed by atoms with Crippen molar-refractivity contribution < 1.29 is 27.5 Å². The van der Waals surface area contributed by atoms with Crippen LogP contribution in [0.15, 0.2) is 22.8 Å². The van der Waals surface area contributed by atoms with Crippen molar-refractivity contribution in [3.05, 3.63) is 24.2 Å². The fraction of sp³-hybridized carbons (Fsp3) is 0.545. The molecule has 3 N–H and O–H groups in total. The van der Waals surface area contributed by atoms with Gasteiger partial charge in [-0.3, -0.25) is 0 Å². The maximum absolute atomic E-state index is 11.8. The predicted molar refractivity (Wildman–Crippen MR) is 60.4 cm³/mol. The molecule has 0 saturated carbocycles. The maximum atomic E-state index is 11.8. The molecule has 2 amide bonds. The fourth-order valence-electron chi connectivity index (χ4n) is 1.30. The highest BCUT2D eigenvalue weighted by Gasteiger charge is 2.28. The standard InChI is InChI=1S/C11H15F3N2O3/c1-10(18,8-3-2-6-19-8)7-16-9(17)15-5-4-11(12,13)14/h2-3,6,18H,4-5,7H2,1H3,(H2,15,16,17). The smallest absolute Gasteiger partial charge is 0.390 e. The molecule has 0 saturated heterocycles. The lowest BCUT2D eigenvalue weighted by atomic mass is 10.0. The van der Waals surface area contributed by atoms with E-state index in [1.807, 2.05) is 5.32 Å². The van der Waals surface area contributed by atoms with E-state index in [1.54, 1.807) is 6.07 Å². The molecule has 1 rings (SSSR count). The van der Waals surface area contributed by atoms with E-state index in [4.69, 9.17) is 4.42 Å². The molecule has 0 aliphatic heterocycles. The Morgan fingerprint density at radius 1 is 1.42 bits per heavy atom. The van der Waals surface area contributed by atoms with Gasteiger partial charge in [0.25, 0.3) is 0 Å². The van der Waals surface area contributed by atoms with Crippen molar-refractivity contribution in [2.75, 3.05) is 13.1 Å². The first-order valence-electron chi connectivity index (χ1n) is 5.55. The van der Waals surface area contributed by atoms with Crippen LogP contribution in [0.3, 0.4) is 0 Å². The largest absolute Gasteiger partial charge is 0.466 e. The molecule has 0 aliphatic carbocycles. The monoisotopic (exact) mass is 280 g/mol. The summed E-state index contributed by atoms with van der Waals surface area (Å²) in [5.74, 6) is 0.253. The third kappa shape index (κ3) is 5.64. The van der Waals surface area contributed by atoms with Crippen molar-refractivity contribution in [3.8, 4) is 0 Å². The molecule has 0 radical (unpaired) electrons. The second-order valence-electron chi connectivity index (χ2n) is 4.23. The molecule has 1 aromatic heterocycles. The van der Waals surface area contributed by atoms with Gasteiger partial charge in [0.05, 0.1) is 19.2 Å². The van der Waals surface area contributed by atoms with Gasteiger partial charge in [-0.25, -0.2) is 4.79 Å². The Kier molecular flexibility index (Phi) is 4.82. The lowest BCUT2D eigenvalue weighted by molar-refractivity contribution is -0.132. The number of furan rings is 1. The number of hydrogen-bond acceptors (Lipinski definition) is 3. The molecule has 0 bridgehead atoms. The first-order chi connectivity index (χ1) is 8.71. The van der Waals surface area contributed by atoms with Crippen LogP contribution in [0.25, 0.3) is 0 Å². The molecule has 5 nitrogen and oxygen atoms in total. The highest BCUT2D eigenvalue weighted by atomic mass is 19.4. The van der Waals surface area contributed by atoms with Crippen molar-refractivity contribution in [1.29, 1.82) is 0 Å². The third-order valence-corrected chi connectivity index (χ3v) is 2.34. The van der Waals surface area contributed by atoms with E-state index in [0.717, 1.165) is 0 Å². The number of carbonyl (C=O) groups excluding carboxylic acids is 1. The second-order valence-corrected chi connectivity index (χ2v) is 4.23. The van der Waals surface area contributed by atoms with Crippen molar-refractivity contribution >= 4 is 6.03 Å². The van der Waals surface area contributed by atoms with Crippen LogP contribution in [0.1, 0.15) is 19.1 Å². The van der Waals surface area contributed by atoms with E-state index < -0.39 is 30.8 Å². The molecule has 1 atom stereocenters. The Labute approximate surface area is 107 Å². The van der Waals surface area contributed by atoms with Crippen LogP contribution in [0.5, 0.6) is 0 Å². The minimum Gasteiger partial charge on any atom is -0.466 e. The van der Waals surface area contributed by atoms with Crippen molar-refractivity contribution in [1.82, 2.24) is 10.6 Å².